The molecule has 0 spiro atoms. The van der Waals surface area contributed by atoms with Gasteiger partial charge in [-0.15, -0.1) is 0 Å². The lowest BCUT2D eigenvalue weighted by Crippen LogP contribution is -2.36. The molecule has 26 heavy (non-hydrogen) atoms. The van der Waals surface area contributed by atoms with Crippen LogP contribution >= 0.6 is 0 Å². The number of rotatable bonds is 10. The van der Waals surface area contributed by atoms with Gasteiger partial charge in [-0.25, -0.2) is 0 Å². The van der Waals surface area contributed by atoms with Crippen molar-refractivity contribution in [3.05, 3.63) is 29.3 Å². The van der Waals surface area contributed by atoms with Crippen LogP contribution in [0.15, 0.2) is 23.8 Å². The smallest absolute Gasteiger partial charge is 0.161 e. The van der Waals surface area contributed by atoms with Crippen molar-refractivity contribution in [1.29, 1.82) is 0 Å². The van der Waals surface area contributed by atoms with E-state index in [-0.39, 0.29) is 5.78 Å². The van der Waals surface area contributed by atoms with E-state index in [2.05, 4.69) is 18.7 Å². The van der Waals surface area contributed by atoms with Crippen LogP contribution in [-0.4, -0.2) is 43.5 Å². The Kier molecular flexibility index (Phi) is 8.69. The second-order valence-electron chi connectivity index (χ2n) is 6.81. The fourth-order valence-corrected chi connectivity index (χ4v) is 3.20. The molecule has 4 heteroatoms. The summed E-state index contributed by atoms with van der Waals surface area (Å²) in [5.74, 6) is 1.80. The number of hydrogen-bond donors (Lipinski definition) is 0. The van der Waals surface area contributed by atoms with Crippen LogP contribution in [0.4, 0.5) is 0 Å². The van der Waals surface area contributed by atoms with Crippen molar-refractivity contribution in [1.82, 2.24) is 4.90 Å². The van der Waals surface area contributed by atoms with Crippen LogP contribution in [0.5, 0.6) is 11.5 Å². The van der Waals surface area contributed by atoms with Gasteiger partial charge >= 0.3 is 0 Å². The molecule has 1 aromatic rings. The maximum absolute atomic E-state index is 12.3. The van der Waals surface area contributed by atoms with Gasteiger partial charge in [0, 0.05) is 25.1 Å². The van der Waals surface area contributed by atoms with Crippen LogP contribution < -0.4 is 9.47 Å². The molecule has 144 valence electrons. The van der Waals surface area contributed by atoms with Gasteiger partial charge in [0.2, 0.25) is 0 Å². The Morgan fingerprint density at radius 1 is 1.08 bits per heavy atom. The van der Waals surface area contributed by atoms with E-state index in [1.54, 1.807) is 0 Å². The van der Waals surface area contributed by atoms with Crippen molar-refractivity contribution in [2.24, 2.45) is 0 Å². The van der Waals surface area contributed by atoms with Gasteiger partial charge in [-0.1, -0.05) is 32.8 Å². The number of carbonyl (C=O) groups excluding carboxylic acids is 1. The molecule has 0 amide bonds. The maximum atomic E-state index is 12.3. The first-order valence-electron chi connectivity index (χ1n) is 10.0. The Morgan fingerprint density at radius 2 is 1.92 bits per heavy atom. The largest absolute Gasteiger partial charge is 0.490 e. The second-order valence-corrected chi connectivity index (χ2v) is 6.81. The van der Waals surface area contributed by atoms with Gasteiger partial charge in [0.25, 0.3) is 0 Å². The number of nitrogens with zero attached hydrogens (tertiary/aromatic N) is 1. The number of likely N-dealkylation sites (tertiary alicyclic amines) is 1. The Labute approximate surface area is 158 Å². The summed E-state index contributed by atoms with van der Waals surface area (Å²) in [4.78, 5) is 14.6. The number of hydrogen-bond acceptors (Lipinski definition) is 4. The third kappa shape index (κ3) is 6.17. The maximum Gasteiger partial charge on any atom is 0.161 e. The van der Waals surface area contributed by atoms with Crippen LogP contribution in [0, 0.1) is 0 Å². The van der Waals surface area contributed by atoms with Gasteiger partial charge < -0.3 is 9.47 Å². The molecule has 0 saturated carbocycles. The average Bonchev–Trinajstić information content (AvgIpc) is 2.63. The molecular weight excluding hydrogens is 326 g/mol. The van der Waals surface area contributed by atoms with Gasteiger partial charge in [0.1, 0.15) is 0 Å². The van der Waals surface area contributed by atoms with Crippen LogP contribution in [-0.2, 0) is 4.79 Å². The molecular formula is C22H33NO3. The topological polar surface area (TPSA) is 38.8 Å². The minimum atomic E-state index is 0.259. The minimum absolute atomic E-state index is 0.259. The first-order chi connectivity index (χ1) is 12.7. The molecule has 1 aliphatic rings. The third-order valence-corrected chi connectivity index (χ3v) is 4.56. The Balaban J connectivity index is 2.12. The lowest BCUT2D eigenvalue weighted by molar-refractivity contribution is -0.117. The summed E-state index contributed by atoms with van der Waals surface area (Å²) < 4.78 is 11.6. The van der Waals surface area contributed by atoms with Gasteiger partial charge in [-0.3, -0.25) is 9.69 Å². The third-order valence-electron chi connectivity index (χ3n) is 4.56. The number of Topliss-reactive ketones (excluding diaryl/α,β-unsaturated/α-hetero) is 1. The number of ether oxygens (including phenoxy) is 2. The van der Waals surface area contributed by atoms with Crippen molar-refractivity contribution >= 4 is 11.9 Å². The van der Waals surface area contributed by atoms with Crippen molar-refractivity contribution in [3.63, 3.8) is 0 Å². The molecule has 0 radical (unpaired) electrons. The molecule has 0 N–H and O–H groups in total. The van der Waals surface area contributed by atoms with Gasteiger partial charge in [0.15, 0.2) is 17.3 Å². The molecule has 4 nitrogen and oxygen atoms in total. The molecule has 0 bridgehead atoms. The van der Waals surface area contributed by atoms with E-state index in [1.165, 1.54) is 12.8 Å². The fraction of sp³-hybridized carbons (Fsp3) is 0.591. The number of benzene rings is 1. The first-order valence-corrected chi connectivity index (χ1v) is 10.0. The predicted molar refractivity (Wildman–Crippen MR) is 107 cm³/mol. The van der Waals surface area contributed by atoms with Crippen molar-refractivity contribution in [2.45, 2.75) is 52.9 Å². The quantitative estimate of drug-likeness (QED) is 0.447. The van der Waals surface area contributed by atoms with E-state index >= 15 is 0 Å². The number of ketones is 1. The highest BCUT2D eigenvalue weighted by atomic mass is 16.5. The van der Waals surface area contributed by atoms with E-state index in [9.17, 15) is 4.79 Å². The SMILES string of the molecule is CCCCCOc1ccc(/C=C2\CN(CCC)CCC2=O)cc1OCC. The van der Waals surface area contributed by atoms with Crippen molar-refractivity contribution < 1.29 is 14.3 Å². The molecule has 1 aliphatic heterocycles. The van der Waals surface area contributed by atoms with Crippen LogP contribution in [0.25, 0.3) is 6.08 Å². The summed E-state index contributed by atoms with van der Waals surface area (Å²) in [6, 6.07) is 5.95. The molecule has 0 atom stereocenters. The first kappa shape index (κ1) is 20.5. The fourth-order valence-electron chi connectivity index (χ4n) is 3.20. The minimum Gasteiger partial charge on any atom is -0.490 e. The van der Waals surface area contributed by atoms with Crippen LogP contribution in [0.1, 0.15) is 58.4 Å². The summed E-state index contributed by atoms with van der Waals surface area (Å²) in [6.07, 6.45) is 7.13. The van der Waals surface area contributed by atoms with E-state index in [4.69, 9.17) is 9.47 Å². The Hall–Kier alpha value is -1.81. The second kappa shape index (κ2) is 11.0. The van der Waals surface area contributed by atoms with Crippen LogP contribution in [0.2, 0.25) is 0 Å². The highest BCUT2D eigenvalue weighted by Gasteiger charge is 2.20. The molecule has 2 rings (SSSR count). The van der Waals surface area contributed by atoms with Gasteiger partial charge in [0.05, 0.1) is 13.2 Å². The summed E-state index contributed by atoms with van der Waals surface area (Å²) in [6.45, 7) is 10.3. The lowest BCUT2D eigenvalue weighted by Gasteiger charge is -2.27. The Morgan fingerprint density at radius 3 is 2.65 bits per heavy atom. The zero-order valence-corrected chi connectivity index (χ0v) is 16.6. The molecule has 0 aromatic heterocycles. The molecule has 1 heterocycles. The van der Waals surface area contributed by atoms with E-state index in [0.29, 0.717) is 19.6 Å². The van der Waals surface area contributed by atoms with Crippen LogP contribution in [0.3, 0.4) is 0 Å². The number of carbonyl (C=O) groups is 1. The standard InChI is InChI=1S/C22H33NO3/c1-4-7-8-14-26-21-10-9-18(16-22(21)25-6-3)15-19-17-23(12-5-2)13-11-20(19)24/h9-10,15-16H,4-8,11-14,17H2,1-3H3/b19-15+. The summed E-state index contributed by atoms with van der Waals surface area (Å²) in [5.41, 5.74) is 1.89. The molecule has 1 aromatic carbocycles. The van der Waals surface area contributed by atoms with E-state index in [0.717, 1.165) is 55.1 Å². The average molecular weight is 360 g/mol. The zero-order chi connectivity index (χ0) is 18.8. The lowest BCUT2D eigenvalue weighted by atomic mass is 10.00. The summed E-state index contributed by atoms with van der Waals surface area (Å²) in [7, 11) is 0. The Bertz CT molecular complexity index is 609. The summed E-state index contributed by atoms with van der Waals surface area (Å²) >= 11 is 0. The summed E-state index contributed by atoms with van der Waals surface area (Å²) in [5, 5.41) is 0. The monoisotopic (exact) mass is 359 g/mol. The van der Waals surface area contributed by atoms with Crippen molar-refractivity contribution in [3.8, 4) is 11.5 Å². The van der Waals surface area contributed by atoms with E-state index in [1.807, 2.05) is 31.2 Å². The molecule has 0 aliphatic carbocycles. The number of piperidine rings is 1. The molecule has 0 unspecified atom stereocenters. The predicted octanol–water partition coefficient (Wildman–Crippen LogP) is 4.72. The molecule has 1 fully saturated rings. The zero-order valence-electron chi connectivity index (χ0n) is 16.6. The van der Waals surface area contributed by atoms with Crippen molar-refractivity contribution in [2.75, 3.05) is 32.8 Å². The number of unbranched alkanes of at least 4 members (excludes halogenated alkanes) is 2. The van der Waals surface area contributed by atoms with E-state index < -0.39 is 0 Å². The normalized spacial score (nSPS) is 16.9. The molecule has 1 saturated heterocycles. The van der Waals surface area contributed by atoms with Gasteiger partial charge in [-0.05, 0) is 50.1 Å². The van der Waals surface area contributed by atoms with Gasteiger partial charge in [-0.2, -0.15) is 0 Å². The highest BCUT2D eigenvalue weighted by molar-refractivity contribution is 6.00. The highest BCUT2D eigenvalue weighted by Crippen LogP contribution is 2.30.